The van der Waals surface area contributed by atoms with E-state index in [1.54, 1.807) is 17.0 Å². The van der Waals surface area contributed by atoms with Crippen LogP contribution in [0.2, 0.25) is 0 Å². The first kappa shape index (κ1) is 14.5. The SMILES string of the molecule is CC(C#N)CN1CCN(C(=O)c2ccccc2F)CC1. The molecule has 0 saturated carbocycles. The predicted octanol–water partition coefficient (Wildman–Crippen LogP) is 1.74. The molecule has 1 heterocycles. The van der Waals surface area contributed by atoms with E-state index >= 15 is 0 Å². The number of piperazine rings is 1. The maximum absolute atomic E-state index is 13.6. The van der Waals surface area contributed by atoms with Gasteiger partial charge in [0.2, 0.25) is 0 Å². The molecule has 1 aromatic rings. The number of halogens is 1. The van der Waals surface area contributed by atoms with Gasteiger partial charge in [0, 0.05) is 32.7 Å². The van der Waals surface area contributed by atoms with Crippen molar-refractivity contribution in [3.8, 4) is 6.07 Å². The molecule has 5 heteroatoms. The lowest BCUT2D eigenvalue weighted by Gasteiger charge is -2.35. The van der Waals surface area contributed by atoms with E-state index < -0.39 is 5.82 Å². The molecule has 0 N–H and O–H groups in total. The van der Waals surface area contributed by atoms with Gasteiger partial charge in [0.25, 0.3) is 5.91 Å². The lowest BCUT2D eigenvalue weighted by Crippen LogP contribution is -2.49. The molecule has 0 radical (unpaired) electrons. The van der Waals surface area contributed by atoms with E-state index in [1.165, 1.54) is 12.1 Å². The van der Waals surface area contributed by atoms with Gasteiger partial charge in [-0.3, -0.25) is 9.69 Å². The van der Waals surface area contributed by atoms with Crippen LogP contribution in [-0.2, 0) is 0 Å². The summed E-state index contributed by atoms with van der Waals surface area (Å²) < 4.78 is 13.6. The summed E-state index contributed by atoms with van der Waals surface area (Å²) in [4.78, 5) is 16.1. The molecule has 1 amide bonds. The van der Waals surface area contributed by atoms with Crippen molar-refractivity contribution in [1.29, 1.82) is 5.26 Å². The van der Waals surface area contributed by atoms with Crippen molar-refractivity contribution in [3.05, 3.63) is 35.6 Å². The molecule has 1 aliphatic rings. The fraction of sp³-hybridized carbons (Fsp3) is 0.467. The molecule has 0 bridgehead atoms. The smallest absolute Gasteiger partial charge is 0.256 e. The largest absolute Gasteiger partial charge is 0.336 e. The van der Waals surface area contributed by atoms with Crippen LogP contribution in [0.15, 0.2) is 24.3 Å². The van der Waals surface area contributed by atoms with E-state index in [0.29, 0.717) is 13.1 Å². The number of benzene rings is 1. The van der Waals surface area contributed by atoms with Gasteiger partial charge in [-0.2, -0.15) is 5.26 Å². The average Bonchev–Trinajstić information content (AvgIpc) is 2.47. The van der Waals surface area contributed by atoms with E-state index in [0.717, 1.165) is 19.6 Å². The Kier molecular flexibility index (Phi) is 4.70. The zero-order chi connectivity index (χ0) is 14.5. The monoisotopic (exact) mass is 275 g/mol. The average molecular weight is 275 g/mol. The second-order valence-corrected chi connectivity index (χ2v) is 5.10. The molecular weight excluding hydrogens is 257 g/mol. The van der Waals surface area contributed by atoms with E-state index in [2.05, 4.69) is 11.0 Å². The van der Waals surface area contributed by atoms with Crippen molar-refractivity contribution in [2.75, 3.05) is 32.7 Å². The summed E-state index contributed by atoms with van der Waals surface area (Å²) in [5.74, 6) is -0.738. The summed E-state index contributed by atoms with van der Waals surface area (Å²) in [5.41, 5.74) is 0.131. The summed E-state index contributed by atoms with van der Waals surface area (Å²) in [6.45, 7) is 5.21. The van der Waals surface area contributed by atoms with E-state index in [1.807, 2.05) is 6.92 Å². The van der Waals surface area contributed by atoms with Gasteiger partial charge in [-0.1, -0.05) is 12.1 Å². The Bertz CT molecular complexity index is 518. The van der Waals surface area contributed by atoms with Gasteiger partial charge in [0.15, 0.2) is 0 Å². The molecule has 1 saturated heterocycles. The topological polar surface area (TPSA) is 47.3 Å². The second kappa shape index (κ2) is 6.49. The van der Waals surface area contributed by atoms with Crippen LogP contribution in [0.3, 0.4) is 0 Å². The van der Waals surface area contributed by atoms with Gasteiger partial charge in [-0.15, -0.1) is 0 Å². The van der Waals surface area contributed by atoms with Crippen molar-refractivity contribution >= 4 is 5.91 Å². The normalized spacial score (nSPS) is 17.6. The van der Waals surface area contributed by atoms with Crippen LogP contribution < -0.4 is 0 Å². The summed E-state index contributed by atoms with van der Waals surface area (Å²) in [6.07, 6.45) is 0. The van der Waals surface area contributed by atoms with Gasteiger partial charge in [0.1, 0.15) is 5.82 Å². The number of amides is 1. The maximum atomic E-state index is 13.6. The van der Waals surface area contributed by atoms with Crippen LogP contribution in [0.25, 0.3) is 0 Å². The van der Waals surface area contributed by atoms with Crippen LogP contribution in [-0.4, -0.2) is 48.4 Å². The predicted molar refractivity (Wildman–Crippen MR) is 73.5 cm³/mol. The first-order chi connectivity index (χ1) is 9.61. The summed E-state index contributed by atoms with van der Waals surface area (Å²) in [5, 5.41) is 8.80. The Balaban J connectivity index is 1.93. The molecule has 2 rings (SSSR count). The highest BCUT2D eigenvalue weighted by atomic mass is 19.1. The third-order valence-corrected chi connectivity index (χ3v) is 3.52. The summed E-state index contributed by atoms with van der Waals surface area (Å²) >= 11 is 0. The zero-order valence-corrected chi connectivity index (χ0v) is 11.6. The van der Waals surface area contributed by atoms with Gasteiger partial charge in [-0.25, -0.2) is 4.39 Å². The van der Waals surface area contributed by atoms with Gasteiger partial charge < -0.3 is 4.90 Å². The number of hydrogen-bond acceptors (Lipinski definition) is 3. The van der Waals surface area contributed by atoms with E-state index in [9.17, 15) is 9.18 Å². The van der Waals surface area contributed by atoms with Gasteiger partial charge in [0.05, 0.1) is 17.6 Å². The van der Waals surface area contributed by atoms with Crippen molar-refractivity contribution in [2.24, 2.45) is 5.92 Å². The van der Waals surface area contributed by atoms with Crippen LogP contribution >= 0.6 is 0 Å². The van der Waals surface area contributed by atoms with Crippen molar-refractivity contribution in [3.63, 3.8) is 0 Å². The van der Waals surface area contributed by atoms with Crippen LogP contribution in [0.5, 0.6) is 0 Å². The van der Waals surface area contributed by atoms with Crippen LogP contribution in [0.4, 0.5) is 4.39 Å². The molecule has 106 valence electrons. The fourth-order valence-electron chi connectivity index (χ4n) is 2.37. The number of rotatable bonds is 3. The molecule has 0 aromatic heterocycles. The second-order valence-electron chi connectivity index (χ2n) is 5.10. The fourth-order valence-corrected chi connectivity index (χ4v) is 2.37. The lowest BCUT2D eigenvalue weighted by molar-refractivity contribution is 0.0624. The summed E-state index contributed by atoms with van der Waals surface area (Å²) in [6, 6.07) is 8.27. The molecule has 1 fully saturated rings. The first-order valence-corrected chi connectivity index (χ1v) is 6.77. The highest BCUT2D eigenvalue weighted by Crippen LogP contribution is 2.12. The lowest BCUT2D eigenvalue weighted by atomic mass is 10.1. The highest BCUT2D eigenvalue weighted by molar-refractivity contribution is 5.94. The number of nitriles is 1. The molecule has 1 unspecified atom stereocenters. The minimum atomic E-state index is -0.474. The Hall–Kier alpha value is -1.93. The van der Waals surface area contributed by atoms with Gasteiger partial charge in [-0.05, 0) is 19.1 Å². The third kappa shape index (κ3) is 3.34. The molecule has 0 aliphatic carbocycles. The Labute approximate surface area is 118 Å². The number of nitrogens with zero attached hydrogens (tertiary/aromatic N) is 3. The molecule has 1 atom stereocenters. The Morgan fingerprint density at radius 2 is 2.00 bits per heavy atom. The number of carbonyl (C=O) groups is 1. The standard InChI is InChI=1S/C15H18FN3O/c1-12(10-17)11-18-6-8-19(9-7-18)15(20)13-4-2-3-5-14(13)16/h2-5,12H,6-9,11H2,1H3. The molecular formula is C15H18FN3O. The van der Waals surface area contributed by atoms with Crippen molar-refractivity contribution < 1.29 is 9.18 Å². The molecule has 0 spiro atoms. The highest BCUT2D eigenvalue weighted by Gasteiger charge is 2.24. The minimum Gasteiger partial charge on any atom is -0.336 e. The van der Waals surface area contributed by atoms with E-state index in [4.69, 9.17) is 5.26 Å². The van der Waals surface area contributed by atoms with Crippen molar-refractivity contribution in [1.82, 2.24) is 9.80 Å². The number of carbonyl (C=O) groups excluding carboxylic acids is 1. The maximum Gasteiger partial charge on any atom is 0.256 e. The zero-order valence-electron chi connectivity index (χ0n) is 11.6. The summed E-state index contributed by atoms with van der Waals surface area (Å²) in [7, 11) is 0. The molecule has 4 nitrogen and oxygen atoms in total. The molecule has 1 aliphatic heterocycles. The Morgan fingerprint density at radius 3 is 2.60 bits per heavy atom. The van der Waals surface area contributed by atoms with Crippen LogP contribution in [0.1, 0.15) is 17.3 Å². The number of hydrogen-bond donors (Lipinski definition) is 0. The van der Waals surface area contributed by atoms with E-state index in [-0.39, 0.29) is 17.4 Å². The molecule has 20 heavy (non-hydrogen) atoms. The van der Waals surface area contributed by atoms with Gasteiger partial charge >= 0.3 is 0 Å². The quantitative estimate of drug-likeness (QED) is 0.844. The minimum absolute atomic E-state index is 0.0104. The van der Waals surface area contributed by atoms with Crippen molar-refractivity contribution in [2.45, 2.75) is 6.92 Å². The van der Waals surface area contributed by atoms with Crippen LogP contribution in [0, 0.1) is 23.1 Å². The Morgan fingerprint density at radius 1 is 1.35 bits per heavy atom. The molecule has 1 aromatic carbocycles. The third-order valence-electron chi connectivity index (χ3n) is 3.52. The first-order valence-electron chi connectivity index (χ1n) is 6.77.